The number of carbonyl (C=O) groups excluding carboxylic acids is 1. The van der Waals surface area contributed by atoms with Crippen LogP contribution in [0.25, 0.3) is 0 Å². The van der Waals surface area contributed by atoms with E-state index in [-0.39, 0.29) is 11.6 Å². The predicted octanol–water partition coefficient (Wildman–Crippen LogP) is 0.600. The van der Waals surface area contributed by atoms with Crippen molar-refractivity contribution in [2.45, 2.75) is 26.8 Å². The molecule has 1 atom stereocenters. The number of likely N-dealkylation sites (N-methyl/N-ethyl adjacent to an activating group) is 1. The van der Waals surface area contributed by atoms with Crippen molar-refractivity contribution in [2.24, 2.45) is 0 Å². The SMILES string of the molecule is CCN(CC)CCNC(=O)c1ccnn1C(C)C(=O)O. The summed E-state index contributed by atoms with van der Waals surface area (Å²) in [5.74, 6) is -1.33. The molecule has 0 bridgehead atoms. The number of rotatable bonds is 8. The van der Waals surface area contributed by atoms with Gasteiger partial charge in [0.1, 0.15) is 11.7 Å². The van der Waals surface area contributed by atoms with E-state index < -0.39 is 12.0 Å². The summed E-state index contributed by atoms with van der Waals surface area (Å²) in [4.78, 5) is 25.2. The van der Waals surface area contributed by atoms with Crippen LogP contribution in [0.5, 0.6) is 0 Å². The van der Waals surface area contributed by atoms with Gasteiger partial charge in [0.05, 0.1) is 0 Å². The highest BCUT2D eigenvalue weighted by atomic mass is 16.4. The second kappa shape index (κ2) is 7.64. The summed E-state index contributed by atoms with van der Waals surface area (Å²) in [5.41, 5.74) is 0.263. The first kappa shape index (κ1) is 16.2. The van der Waals surface area contributed by atoms with Gasteiger partial charge in [-0.2, -0.15) is 5.10 Å². The van der Waals surface area contributed by atoms with Gasteiger partial charge < -0.3 is 15.3 Å². The van der Waals surface area contributed by atoms with E-state index in [4.69, 9.17) is 5.11 Å². The number of aliphatic carboxylic acids is 1. The summed E-state index contributed by atoms with van der Waals surface area (Å²) < 4.78 is 1.22. The van der Waals surface area contributed by atoms with Crippen LogP contribution in [0, 0.1) is 0 Å². The molecule has 0 radical (unpaired) electrons. The fourth-order valence-corrected chi connectivity index (χ4v) is 1.87. The quantitative estimate of drug-likeness (QED) is 0.729. The fraction of sp³-hybridized carbons (Fsp3) is 0.615. The number of hydrogen-bond acceptors (Lipinski definition) is 4. The Bertz CT molecular complexity index is 454. The van der Waals surface area contributed by atoms with Crippen molar-refractivity contribution >= 4 is 11.9 Å². The topological polar surface area (TPSA) is 87.5 Å². The number of nitrogens with one attached hydrogen (secondary N) is 1. The van der Waals surface area contributed by atoms with Crippen LogP contribution in [-0.2, 0) is 4.79 Å². The van der Waals surface area contributed by atoms with Gasteiger partial charge in [0.2, 0.25) is 0 Å². The minimum Gasteiger partial charge on any atom is -0.480 e. The first-order chi connectivity index (χ1) is 9.51. The van der Waals surface area contributed by atoms with Gasteiger partial charge in [0.15, 0.2) is 0 Å². The first-order valence-corrected chi connectivity index (χ1v) is 6.78. The molecule has 0 saturated carbocycles. The molecule has 2 N–H and O–H groups in total. The van der Waals surface area contributed by atoms with Crippen LogP contribution in [0.2, 0.25) is 0 Å². The molecule has 0 saturated heterocycles. The Labute approximate surface area is 118 Å². The molecule has 0 spiro atoms. The molecule has 7 nitrogen and oxygen atoms in total. The third kappa shape index (κ3) is 4.06. The standard InChI is InChI=1S/C13H22N4O3/c1-4-16(5-2)9-8-14-12(18)11-6-7-15-17(11)10(3)13(19)20/h6-7,10H,4-5,8-9H2,1-3H3,(H,14,18)(H,19,20). The molecule has 1 aromatic heterocycles. The Balaban J connectivity index is 2.60. The number of nitrogens with zero attached hydrogens (tertiary/aromatic N) is 3. The minimum absolute atomic E-state index is 0.263. The molecule has 1 rings (SSSR count). The molecular formula is C13H22N4O3. The smallest absolute Gasteiger partial charge is 0.328 e. The Kier molecular flexibility index (Phi) is 6.17. The number of carboxylic acid groups (broad SMARTS) is 1. The zero-order valence-corrected chi connectivity index (χ0v) is 12.2. The molecule has 112 valence electrons. The Morgan fingerprint density at radius 1 is 1.45 bits per heavy atom. The number of carboxylic acids is 1. The maximum absolute atomic E-state index is 12.0. The van der Waals surface area contributed by atoms with Gasteiger partial charge in [-0.3, -0.25) is 4.79 Å². The van der Waals surface area contributed by atoms with Crippen molar-refractivity contribution in [3.8, 4) is 0 Å². The van der Waals surface area contributed by atoms with Crippen LogP contribution in [0.1, 0.15) is 37.3 Å². The highest BCUT2D eigenvalue weighted by molar-refractivity contribution is 5.93. The summed E-state index contributed by atoms with van der Waals surface area (Å²) >= 11 is 0. The number of carbonyl (C=O) groups is 2. The molecule has 0 aliphatic heterocycles. The summed E-state index contributed by atoms with van der Waals surface area (Å²) in [7, 11) is 0. The van der Waals surface area contributed by atoms with Gasteiger partial charge in [-0.25, -0.2) is 9.48 Å². The van der Waals surface area contributed by atoms with E-state index in [0.29, 0.717) is 6.54 Å². The highest BCUT2D eigenvalue weighted by Gasteiger charge is 2.20. The normalized spacial score (nSPS) is 12.4. The van der Waals surface area contributed by atoms with Gasteiger partial charge in [-0.1, -0.05) is 13.8 Å². The van der Waals surface area contributed by atoms with Crippen molar-refractivity contribution in [3.05, 3.63) is 18.0 Å². The lowest BCUT2D eigenvalue weighted by atomic mass is 10.3. The zero-order valence-electron chi connectivity index (χ0n) is 12.2. The first-order valence-electron chi connectivity index (χ1n) is 6.78. The summed E-state index contributed by atoms with van der Waals surface area (Å²) in [6.07, 6.45) is 1.43. The number of aromatic nitrogens is 2. The van der Waals surface area contributed by atoms with Crippen LogP contribution in [0.3, 0.4) is 0 Å². The predicted molar refractivity (Wildman–Crippen MR) is 74.7 cm³/mol. The summed E-state index contributed by atoms with van der Waals surface area (Å²) in [5, 5.41) is 15.7. The van der Waals surface area contributed by atoms with Gasteiger partial charge in [0.25, 0.3) is 5.91 Å². The lowest BCUT2D eigenvalue weighted by Crippen LogP contribution is -2.36. The van der Waals surface area contributed by atoms with Crippen LogP contribution in [0.15, 0.2) is 12.3 Å². The second-order valence-corrected chi connectivity index (χ2v) is 4.46. The summed E-state index contributed by atoms with van der Waals surface area (Å²) in [6.45, 7) is 8.76. The van der Waals surface area contributed by atoms with E-state index in [1.807, 2.05) is 0 Å². The van der Waals surface area contributed by atoms with Crippen molar-refractivity contribution in [2.75, 3.05) is 26.2 Å². The molecule has 0 aromatic carbocycles. The van der Waals surface area contributed by atoms with Crippen molar-refractivity contribution in [1.82, 2.24) is 20.0 Å². The average Bonchev–Trinajstić information content (AvgIpc) is 2.91. The average molecular weight is 282 g/mol. The van der Waals surface area contributed by atoms with E-state index in [9.17, 15) is 9.59 Å². The minimum atomic E-state index is -1.02. The summed E-state index contributed by atoms with van der Waals surface area (Å²) in [6, 6.07) is 0.653. The second-order valence-electron chi connectivity index (χ2n) is 4.46. The molecule has 20 heavy (non-hydrogen) atoms. The largest absolute Gasteiger partial charge is 0.480 e. The maximum Gasteiger partial charge on any atom is 0.328 e. The number of hydrogen-bond donors (Lipinski definition) is 2. The van der Waals surface area contributed by atoms with Crippen LogP contribution < -0.4 is 5.32 Å². The molecular weight excluding hydrogens is 260 g/mol. The van der Waals surface area contributed by atoms with E-state index in [0.717, 1.165) is 19.6 Å². The third-order valence-corrected chi connectivity index (χ3v) is 3.24. The molecule has 0 aliphatic rings. The maximum atomic E-state index is 12.0. The molecule has 0 aliphatic carbocycles. The third-order valence-electron chi connectivity index (χ3n) is 3.24. The highest BCUT2D eigenvalue weighted by Crippen LogP contribution is 2.09. The van der Waals surface area contributed by atoms with Gasteiger partial charge in [0, 0.05) is 19.3 Å². The van der Waals surface area contributed by atoms with Crippen molar-refractivity contribution < 1.29 is 14.7 Å². The van der Waals surface area contributed by atoms with E-state index >= 15 is 0 Å². The van der Waals surface area contributed by atoms with E-state index in [1.165, 1.54) is 23.9 Å². The zero-order chi connectivity index (χ0) is 15.1. The van der Waals surface area contributed by atoms with Crippen LogP contribution in [0.4, 0.5) is 0 Å². The molecule has 0 fully saturated rings. The van der Waals surface area contributed by atoms with E-state index in [1.54, 1.807) is 0 Å². The fourth-order valence-electron chi connectivity index (χ4n) is 1.87. The Morgan fingerprint density at radius 3 is 2.65 bits per heavy atom. The molecule has 1 heterocycles. The lowest BCUT2D eigenvalue weighted by molar-refractivity contribution is -0.140. The Morgan fingerprint density at radius 2 is 2.10 bits per heavy atom. The monoisotopic (exact) mass is 282 g/mol. The van der Waals surface area contributed by atoms with Crippen molar-refractivity contribution in [3.63, 3.8) is 0 Å². The lowest BCUT2D eigenvalue weighted by Gasteiger charge is -2.18. The molecule has 1 aromatic rings. The van der Waals surface area contributed by atoms with Gasteiger partial charge in [-0.15, -0.1) is 0 Å². The van der Waals surface area contributed by atoms with Gasteiger partial charge in [-0.05, 0) is 26.1 Å². The van der Waals surface area contributed by atoms with Crippen LogP contribution in [-0.4, -0.2) is 57.8 Å². The molecule has 1 amide bonds. The van der Waals surface area contributed by atoms with Crippen molar-refractivity contribution in [1.29, 1.82) is 0 Å². The Hall–Kier alpha value is -1.89. The van der Waals surface area contributed by atoms with E-state index in [2.05, 4.69) is 29.2 Å². The number of amides is 1. The van der Waals surface area contributed by atoms with Crippen LogP contribution >= 0.6 is 0 Å². The molecule has 7 heteroatoms. The molecule has 1 unspecified atom stereocenters. The van der Waals surface area contributed by atoms with Gasteiger partial charge >= 0.3 is 5.97 Å².